The Morgan fingerprint density at radius 3 is 2.52 bits per heavy atom. The van der Waals surface area contributed by atoms with Gasteiger partial charge in [-0.2, -0.15) is 8.42 Å². The minimum atomic E-state index is -5.20. The van der Waals surface area contributed by atoms with Crippen molar-refractivity contribution in [1.29, 1.82) is 0 Å². The summed E-state index contributed by atoms with van der Waals surface area (Å²) in [6, 6.07) is 2.34. The van der Waals surface area contributed by atoms with E-state index < -0.39 is 16.5 Å². The first-order valence-corrected chi connectivity index (χ1v) is 7.56. The van der Waals surface area contributed by atoms with Crippen molar-refractivity contribution < 1.29 is 26.4 Å². The van der Waals surface area contributed by atoms with Crippen molar-refractivity contribution in [3.05, 3.63) is 23.3 Å². The zero-order valence-electron chi connectivity index (χ0n) is 11.3. The van der Waals surface area contributed by atoms with Crippen molar-refractivity contribution in [2.75, 3.05) is 31.1 Å². The van der Waals surface area contributed by atoms with Gasteiger partial charge < -0.3 is 19.5 Å². The number of anilines is 1. The quantitative estimate of drug-likeness (QED) is 0.789. The van der Waals surface area contributed by atoms with Crippen LogP contribution in [0.4, 0.5) is 9.57 Å². The maximum Gasteiger partial charge on any atom is 0.488 e. The number of hydrogen-bond acceptors (Lipinski definition) is 6. The average molecular weight is 318 g/mol. The van der Waals surface area contributed by atoms with Crippen molar-refractivity contribution in [3.8, 4) is 5.75 Å². The first-order chi connectivity index (χ1) is 9.78. The maximum atomic E-state index is 12.7. The molecule has 0 atom stereocenters. The van der Waals surface area contributed by atoms with E-state index in [-0.39, 0.29) is 11.3 Å². The monoisotopic (exact) mass is 318 g/mol. The highest BCUT2D eigenvalue weighted by Crippen LogP contribution is 2.30. The summed E-state index contributed by atoms with van der Waals surface area (Å²) in [6.07, 6.45) is 0. The summed E-state index contributed by atoms with van der Waals surface area (Å²) >= 11 is 0. The molecule has 2 rings (SSSR count). The molecule has 1 aliphatic rings. The van der Waals surface area contributed by atoms with Gasteiger partial charge in [-0.15, -0.1) is 0 Å². The Morgan fingerprint density at radius 2 is 2.00 bits per heavy atom. The molecule has 2 N–H and O–H groups in total. The molecule has 0 unspecified atom stereocenters. The number of piperazine rings is 1. The molecule has 116 valence electrons. The molecule has 0 aliphatic carbocycles. The summed E-state index contributed by atoms with van der Waals surface area (Å²) in [4.78, 5) is 13.1. The van der Waals surface area contributed by atoms with Gasteiger partial charge in [0.2, 0.25) is 0 Å². The summed E-state index contributed by atoms with van der Waals surface area (Å²) in [7, 11) is -5.20. The van der Waals surface area contributed by atoms with Crippen LogP contribution in [0.3, 0.4) is 0 Å². The van der Waals surface area contributed by atoms with Crippen LogP contribution in [-0.2, 0) is 10.5 Å². The molecule has 7 nitrogen and oxygen atoms in total. The molecule has 1 saturated heterocycles. The van der Waals surface area contributed by atoms with E-state index in [1.54, 1.807) is 6.92 Å². The van der Waals surface area contributed by atoms with E-state index in [0.29, 0.717) is 37.4 Å². The standard InChI is InChI=1S/C12H15FN2O5S/c1-8-10(12(16)17)6-9(20-21(13,18)19)7-11(8)15-4-2-14-3-5-15/h6-7,14H,2-5H2,1H3,(H,16,17). The molecule has 0 saturated carbocycles. The molecular formula is C12H15FN2O5S. The lowest BCUT2D eigenvalue weighted by Gasteiger charge is -2.31. The lowest BCUT2D eigenvalue weighted by Crippen LogP contribution is -2.43. The number of carbonyl (C=O) groups is 1. The Morgan fingerprint density at radius 1 is 1.38 bits per heavy atom. The third-order valence-corrected chi connectivity index (χ3v) is 3.63. The molecule has 1 aromatic carbocycles. The molecule has 1 fully saturated rings. The molecule has 1 heterocycles. The molecule has 0 bridgehead atoms. The normalized spacial score (nSPS) is 15.8. The van der Waals surface area contributed by atoms with Gasteiger partial charge in [-0.3, -0.25) is 0 Å². The highest BCUT2D eigenvalue weighted by atomic mass is 32.3. The van der Waals surface area contributed by atoms with Crippen LogP contribution < -0.4 is 14.4 Å². The number of halogens is 1. The van der Waals surface area contributed by atoms with Crippen molar-refractivity contribution in [2.45, 2.75) is 6.92 Å². The van der Waals surface area contributed by atoms with Crippen LogP contribution in [0.25, 0.3) is 0 Å². The number of nitrogens with one attached hydrogen (secondary N) is 1. The Bertz CT molecular complexity index is 656. The summed E-state index contributed by atoms with van der Waals surface area (Å²) in [5.41, 5.74) is 0.882. The predicted molar refractivity (Wildman–Crippen MR) is 73.9 cm³/mol. The van der Waals surface area contributed by atoms with Crippen LogP contribution in [-0.4, -0.2) is 45.7 Å². The first-order valence-electron chi connectivity index (χ1n) is 6.25. The van der Waals surface area contributed by atoms with Gasteiger partial charge in [-0.25, -0.2) is 4.79 Å². The number of aromatic carboxylic acids is 1. The van der Waals surface area contributed by atoms with Crippen molar-refractivity contribution in [2.24, 2.45) is 0 Å². The zero-order valence-corrected chi connectivity index (χ0v) is 12.1. The molecular weight excluding hydrogens is 303 g/mol. The lowest BCUT2D eigenvalue weighted by atomic mass is 10.0. The fourth-order valence-corrected chi connectivity index (χ4v) is 2.62. The van der Waals surface area contributed by atoms with E-state index in [1.807, 2.05) is 4.90 Å². The Labute approximate surface area is 121 Å². The van der Waals surface area contributed by atoms with Gasteiger partial charge >= 0.3 is 16.5 Å². The van der Waals surface area contributed by atoms with Crippen LogP contribution >= 0.6 is 0 Å². The summed E-state index contributed by atoms with van der Waals surface area (Å²) in [5.74, 6) is -1.58. The summed E-state index contributed by atoms with van der Waals surface area (Å²) in [5, 5.41) is 12.3. The fraction of sp³-hybridized carbons (Fsp3) is 0.417. The van der Waals surface area contributed by atoms with Gasteiger partial charge in [0, 0.05) is 37.9 Å². The van der Waals surface area contributed by atoms with Gasteiger partial charge in [-0.1, -0.05) is 3.89 Å². The molecule has 1 aromatic rings. The van der Waals surface area contributed by atoms with Gasteiger partial charge in [0.1, 0.15) is 5.75 Å². The number of hydrogen-bond donors (Lipinski definition) is 2. The maximum absolute atomic E-state index is 12.7. The number of carboxylic acid groups (broad SMARTS) is 1. The summed E-state index contributed by atoms with van der Waals surface area (Å²) < 4.78 is 38.0. The van der Waals surface area contributed by atoms with Gasteiger partial charge in [0.25, 0.3) is 0 Å². The van der Waals surface area contributed by atoms with Crippen LogP contribution in [0.2, 0.25) is 0 Å². The Balaban J connectivity index is 2.48. The molecule has 0 aromatic heterocycles. The van der Waals surface area contributed by atoms with Crippen LogP contribution in [0.1, 0.15) is 15.9 Å². The molecule has 0 radical (unpaired) electrons. The van der Waals surface area contributed by atoms with E-state index in [2.05, 4.69) is 9.50 Å². The van der Waals surface area contributed by atoms with Gasteiger partial charge in [0.15, 0.2) is 0 Å². The van der Waals surface area contributed by atoms with E-state index in [1.165, 1.54) is 6.07 Å². The third-order valence-electron chi connectivity index (χ3n) is 3.24. The molecule has 0 spiro atoms. The predicted octanol–water partition coefficient (Wildman–Crippen LogP) is 0.696. The van der Waals surface area contributed by atoms with Crippen molar-refractivity contribution >= 4 is 22.2 Å². The van der Waals surface area contributed by atoms with Crippen LogP contribution in [0.5, 0.6) is 5.75 Å². The van der Waals surface area contributed by atoms with E-state index in [9.17, 15) is 22.2 Å². The topological polar surface area (TPSA) is 95.9 Å². The minimum Gasteiger partial charge on any atom is -0.478 e. The molecule has 9 heteroatoms. The van der Waals surface area contributed by atoms with Gasteiger partial charge in [0.05, 0.1) is 5.56 Å². The SMILES string of the molecule is Cc1c(C(=O)O)cc(OS(=O)(=O)F)cc1N1CCNCC1. The number of benzene rings is 1. The molecule has 0 amide bonds. The first kappa shape index (κ1) is 15.5. The van der Waals surface area contributed by atoms with E-state index in [4.69, 9.17) is 0 Å². The second kappa shape index (κ2) is 5.86. The second-order valence-corrected chi connectivity index (χ2v) is 5.59. The fourth-order valence-electron chi connectivity index (χ4n) is 2.29. The molecule has 1 aliphatic heterocycles. The smallest absolute Gasteiger partial charge is 0.478 e. The minimum absolute atomic E-state index is 0.121. The highest BCUT2D eigenvalue weighted by molar-refractivity contribution is 7.81. The zero-order chi connectivity index (χ0) is 15.6. The highest BCUT2D eigenvalue weighted by Gasteiger charge is 2.21. The number of nitrogens with zero attached hydrogens (tertiary/aromatic N) is 1. The second-order valence-electron chi connectivity index (χ2n) is 4.63. The Kier molecular flexibility index (Phi) is 4.33. The summed E-state index contributed by atoms with van der Waals surface area (Å²) in [6.45, 7) is 4.31. The lowest BCUT2D eigenvalue weighted by molar-refractivity contribution is 0.0695. The molecule has 21 heavy (non-hydrogen) atoms. The third kappa shape index (κ3) is 3.82. The Hall–Kier alpha value is -1.87. The largest absolute Gasteiger partial charge is 0.488 e. The number of rotatable bonds is 4. The average Bonchev–Trinajstić information content (AvgIpc) is 2.39. The van der Waals surface area contributed by atoms with Crippen LogP contribution in [0, 0.1) is 6.92 Å². The number of carboxylic acids is 1. The van der Waals surface area contributed by atoms with Crippen molar-refractivity contribution in [3.63, 3.8) is 0 Å². The van der Waals surface area contributed by atoms with Crippen molar-refractivity contribution in [1.82, 2.24) is 5.32 Å². The van der Waals surface area contributed by atoms with E-state index in [0.717, 1.165) is 6.07 Å². The van der Waals surface area contributed by atoms with E-state index >= 15 is 0 Å². The van der Waals surface area contributed by atoms with Crippen LogP contribution in [0.15, 0.2) is 12.1 Å². The van der Waals surface area contributed by atoms with Gasteiger partial charge in [-0.05, 0) is 18.6 Å².